The first kappa shape index (κ1) is 15.4. The van der Waals surface area contributed by atoms with E-state index in [4.69, 9.17) is 4.74 Å². The van der Waals surface area contributed by atoms with E-state index >= 15 is 0 Å². The van der Waals surface area contributed by atoms with E-state index in [1.807, 2.05) is 6.92 Å². The van der Waals surface area contributed by atoms with Crippen molar-refractivity contribution in [2.45, 2.75) is 31.7 Å². The van der Waals surface area contributed by atoms with Crippen molar-refractivity contribution < 1.29 is 17.9 Å². The van der Waals surface area contributed by atoms with E-state index in [-0.39, 0.29) is 5.97 Å². The highest BCUT2D eigenvalue weighted by molar-refractivity contribution is 7.88. The number of carbonyl (C=O) groups excluding carboxylic acids is 1. The van der Waals surface area contributed by atoms with Gasteiger partial charge in [0.1, 0.15) is 5.54 Å². The Morgan fingerprint density at radius 3 is 2.33 bits per heavy atom. The van der Waals surface area contributed by atoms with Crippen LogP contribution in [0.3, 0.4) is 0 Å². The van der Waals surface area contributed by atoms with Crippen LogP contribution < -0.4 is 5.32 Å². The SMILES string of the molecule is CCCNC1(C(=O)OC)CCN(S(C)(=O)=O)CC1. The third-order valence-electron chi connectivity index (χ3n) is 3.33. The fourth-order valence-electron chi connectivity index (χ4n) is 2.21. The van der Waals surface area contributed by atoms with E-state index in [9.17, 15) is 13.2 Å². The second kappa shape index (κ2) is 5.99. The van der Waals surface area contributed by atoms with Gasteiger partial charge >= 0.3 is 5.97 Å². The van der Waals surface area contributed by atoms with Gasteiger partial charge in [0, 0.05) is 13.1 Å². The smallest absolute Gasteiger partial charge is 0.326 e. The summed E-state index contributed by atoms with van der Waals surface area (Å²) in [5.41, 5.74) is -0.730. The van der Waals surface area contributed by atoms with E-state index in [1.165, 1.54) is 17.7 Å². The first-order valence-corrected chi connectivity index (χ1v) is 7.99. The Bertz CT molecular complexity index is 386. The highest BCUT2D eigenvalue weighted by Crippen LogP contribution is 2.25. The number of piperidine rings is 1. The summed E-state index contributed by atoms with van der Waals surface area (Å²) in [5.74, 6) is -0.302. The van der Waals surface area contributed by atoms with Gasteiger partial charge in [-0.25, -0.2) is 12.7 Å². The molecule has 0 spiro atoms. The maximum absolute atomic E-state index is 11.9. The lowest BCUT2D eigenvalue weighted by atomic mass is 9.88. The van der Waals surface area contributed by atoms with E-state index in [1.54, 1.807) is 0 Å². The number of methoxy groups -OCH3 is 1. The van der Waals surface area contributed by atoms with Crippen LogP contribution in [0.2, 0.25) is 0 Å². The normalized spacial score (nSPS) is 20.6. The van der Waals surface area contributed by atoms with Crippen molar-refractivity contribution in [1.82, 2.24) is 9.62 Å². The molecule has 0 saturated carbocycles. The average molecular weight is 278 g/mol. The van der Waals surface area contributed by atoms with Gasteiger partial charge in [-0.3, -0.25) is 4.79 Å². The first-order valence-electron chi connectivity index (χ1n) is 6.14. The number of rotatable bonds is 5. The first-order chi connectivity index (χ1) is 8.35. The number of ether oxygens (including phenoxy) is 1. The van der Waals surface area contributed by atoms with E-state index < -0.39 is 15.6 Å². The van der Waals surface area contributed by atoms with E-state index in [0.717, 1.165) is 6.42 Å². The fourth-order valence-corrected chi connectivity index (χ4v) is 3.06. The van der Waals surface area contributed by atoms with Gasteiger partial charge in [0.05, 0.1) is 13.4 Å². The minimum atomic E-state index is -3.18. The Morgan fingerprint density at radius 2 is 1.94 bits per heavy atom. The Balaban J connectivity index is 2.76. The molecular weight excluding hydrogens is 256 g/mol. The van der Waals surface area contributed by atoms with Crippen LogP contribution in [-0.4, -0.2) is 57.2 Å². The molecule has 1 N–H and O–H groups in total. The lowest BCUT2D eigenvalue weighted by Crippen LogP contribution is -2.59. The van der Waals surface area contributed by atoms with Crippen LogP contribution in [0, 0.1) is 0 Å². The molecule has 0 amide bonds. The number of nitrogens with one attached hydrogen (secondary N) is 1. The van der Waals surface area contributed by atoms with Gasteiger partial charge in [-0.2, -0.15) is 0 Å². The van der Waals surface area contributed by atoms with Gasteiger partial charge in [0.15, 0.2) is 0 Å². The van der Waals surface area contributed by atoms with Gasteiger partial charge in [-0.1, -0.05) is 6.92 Å². The molecular formula is C11H22N2O4S. The number of nitrogens with zero attached hydrogens (tertiary/aromatic N) is 1. The molecule has 0 radical (unpaired) electrons. The number of sulfonamides is 1. The molecule has 1 aliphatic heterocycles. The van der Waals surface area contributed by atoms with Crippen LogP contribution in [0.4, 0.5) is 0 Å². The van der Waals surface area contributed by atoms with Crippen molar-refractivity contribution in [3.8, 4) is 0 Å². The molecule has 1 fully saturated rings. The summed E-state index contributed by atoms with van der Waals surface area (Å²) in [4.78, 5) is 11.9. The summed E-state index contributed by atoms with van der Waals surface area (Å²) in [5, 5.41) is 3.21. The minimum absolute atomic E-state index is 0.302. The van der Waals surface area contributed by atoms with Gasteiger partial charge in [0.2, 0.25) is 10.0 Å². The summed E-state index contributed by atoms with van der Waals surface area (Å²) in [6, 6.07) is 0. The summed E-state index contributed by atoms with van der Waals surface area (Å²) in [6.45, 7) is 3.44. The molecule has 0 aromatic heterocycles. The van der Waals surface area contributed by atoms with Gasteiger partial charge in [-0.15, -0.1) is 0 Å². The quantitative estimate of drug-likeness (QED) is 0.714. The molecule has 1 saturated heterocycles. The maximum Gasteiger partial charge on any atom is 0.326 e. The second-order valence-corrected chi connectivity index (χ2v) is 6.64. The predicted molar refractivity (Wildman–Crippen MR) is 68.7 cm³/mol. The average Bonchev–Trinajstić information content (AvgIpc) is 2.34. The third kappa shape index (κ3) is 3.43. The Labute approximate surface area is 109 Å². The largest absolute Gasteiger partial charge is 0.468 e. The zero-order valence-electron chi connectivity index (χ0n) is 11.2. The lowest BCUT2D eigenvalue weighted by molar-refractivity contribution is -0.150. The summed E-state index contributed by atoms with van der Waals surface area (Å²) in [6.07, 6.45) is 3.01. The predicted octanol–water partition coefficient (Wildman–Crippen LogP) is -0.0468. The molecule has 106 valence electrons. The molecule has 0 unspecified atom stereocenters. The second-order valence-electron chi connectivity index (χ2n) is 4.66. The summed E-state index contributed by atoms with van der Waals surface area (Å²) in [7, 11) is -1.81. The number of hydrogen-bond acceptors (Lipinski definition) is 5. The summed E-state index contributed by atoms with van der Waals surface area (Å²) < 4.78 is 29.1. The number of hydrogen-bond donors (Lipinski definition) is 1. The van der Waals surface area contributed by atoms with E-state index in [0.29, 0.717) is 32.5 Å². The number of esters is 1. The fraction of sp³-hybridized carbons (Fsp3) is 0.909. The Hall–Kier alpha value is -0.660. The highest BCUT2D eigenvalue weighted by Gasteiger charge is 2.43. The molecule has 0 aromatic carbocycles. The minimum Gasteiger partial charge on any atom is -0.468 e. The molecule has 1 rings (SSSR count). The van der Waals surface area contributed by atoms with Crippen LogP contribution in [0.1, 0.15) is 26.2 Å². The highest BCUT2D eigenvalue weighted by atomic mass is 32.2. The third-order valence-corrected chi connectivity index (χ3v) is 4.64. The molecule has 1 aliphatic rings. The van der Waals surface area contributed by atoms with Crippen LogP contribution in [0.25, 0.3) is 0 Å². The van der Waals surface area contributed by atoms with Crippen molar-refractivity contribution in [2.24, 2.45) is 0 Å². The molecule has 0 aromatic rings. The van der Waals surface area contributed by atoms with Crippen molar-refractivity contribution >= 4 is 16.0 Å². The van der Waals surface area contributed by atoms with Crippen molar-refractivity contribution in [2.75, 3.05) is 33.0 Å². The molecule has 0 bridgehead atoms. The van der Waals surface area contributed by atoms with Gasteiger partial charge in [-0.05, 0) is 25.8 Å². The van der Waals surface area contributed by atoms with Crippen LogP contribution in [0.15, 0.2) is 0 Å². The van der Waals surface area contributed by atoms with Crippen LogP contribution in [0.5, 0.6) is 0 Å². The molecule has 18 heavy (non-hydrogen) atoms. The molecule has 0 aliphatic carbocycles. The Morgan fingerprint density at radius 1 is 1.39 bits per heavy atom. The number of carbonyl (C=O) groups is 1. The molecule has 7 heteroatoms. The van der Waals surface area contributed by atoms with Crippen molar-refractivity contribution in [3.63, 3.8) is 0 Å². The monoisotopic (exact) mass is 278 g/mol. The van der Waals surface area contributed by atoms with E-state index in [2.05, 4.69) is 5.32 Å². The molecule has 1 heterocycles. The molecule has 0 atom stereocenters. The van der Waals surface area contributed by atoms with Crippen molar-refractivity contribution in [1.29, 1.82) is 0 Å². The summed E-state index contributed by atoms with van der Waals surface area (Å²) >= 11 is 0. The molecule has 6 nitrogen and oxygen atoms in total. The zero-order valence-corrected chi connectivity index (χ0v) is 12.0. The van der Waals surface area contributed by atoms with Crippen LogP contribution >= 0.6 is 0 Å². The van der Waals surface area contributed by atoms with Crippen molar-refractivity contribution in [3.05, 3.63) is 0 Å². The standard InChI is InChI=1S/C11H22N2O4S/c1-4-7-12-11(10(14)17-2)5-8-13(9-6-11)18(3,15)16/h12H,4-9H2,1-3H3. The lowest BCUT2D eigenvalue weighted by Gasteiger charge is -2.39. The van der Waals surface area contributed by atoms with Crippen LogP contribution in [-0.2, 0) is 19.6 Å². The maximum atomic E-state index is 11.9. The topological polar surface area (TPSA) is 75.7 Å². The zero-order chi connectivity index (χ0) is 13.8. The Kier molecular flexibility index (Phi) is 5.12. The van der Waals surface area contributed by atoms with Gasteiger partial charge < -0.3 is 10.1 Å². The van der Waals surface area contributed by atoms with Gasteiger partial charge in [0.25, 0.3) is 0 Å².